The van der Waals surface area contributed by atoms with Gasteiger partial charge in [-0.15, -0.1) is 11.3 Å². The van der Waals surface area contributed by atoms with Crippen LogP contribution in [0.2, 0.25) is 0 Å². The van der Waals surface area contributed by atoms with Crippen LogP contribution >= 0.6 is 11.3 Å². The fourth-order valence-electron chi connectivity index (χ4n) is 1.83. The van der Waals surface area contributed by atoms with Gasteiger partial charge in [0.2, 0.25) is 0 Å². The van der Waals surface area contributed by atoms with Gasteiger partial charge >= 0.3 is 0 Å². The molecular formula is C13H21NS. The highest BCUT2D eigenvalue weighted by atomic mass is 32.1. The lowest BCUT2D eigenvalue weighted by molar-refractivity contribution is 0.586. The van der Waals surface area contributed by atoms with Crippen LogP contribution in [-0.4, -0.2) is 12.6 Å². The number of thiophene rings is 1. The Kier molecular flexibility index (Phi) is 4.68. The molecule has 1 heterocycles. The van der Waals surface area contributed by atoms with E-state index in [1.807, 2.05) is 11.3 Å². The normalized spacial score (nSPS) is 15.7. The Morgan fingerprint density at radius 3 is 2.80 bits per heavy atom. The Balaban J connectivity index is 1.38. The molecule has 15 heavy (non-hydrogen) atoms. The second kappa shape index (κ2) is 6.29. The summed E-state index contributed by atoms with van der Waals surface area (Å²) in [6, 6.07) is 5.29. The van der Waals surface area contributed by atoms with Gasteiger partial charge < -0.3 is 5.32 Å². The second-order valence-corrected chi connectivity index (χ2v) is 5.50. The summed E-state index contributed by atoms with van der Waals surface area (Å²) in [6.07, 6.45) is 9.63. The number of aryl methyl sites for hydroxylation is 1. The first-order valence-electron chi connectivity index (χ1n) is 6.21. The van der Waals surface area contributed by atoms with Gasteiger partial charge in [-0.1, -0.05) is 18.9 Å². The highest BCUT2D eigenvalue weighted by Gasteiger charge is 2.19. The highest BCUT2D eigenvalue weighted by molar-refractivity contribution is 7.09. The van der Waals surface area contributed by atoms with Gasteiger partial charge in [-0.25, -0.2) is 0 Å². The average molecular weight is 223 g/mol. The molecule has 1 aromatic heterocycles. The van der Waals surface area contributed by atoms with Crippen molar-refractivity contribution < 1.29 is 0 Å². The lowest BCUT2D eigenvalue weighted by atomic mass is 10.1. The third-order valence-electron chi connectivity index (χ3n) is 2.94. The number of hydrogen-bond acceptors (Lipinski definition) is 2. The topological polar surface area (TPSA) is 12.0 Å². The Bertz CT molecular complexity index is 252. The molecule has 0 bridgehead atoms. The van der Waals surface area contributed by atoms with E-state index < -0.39 is 0 Å². The quantitative estimate of drug-likeness (QED) is 0.664. The summed E-state index contributed by atoms with van der Waals surface area (Å²) < 4.78 is 0. The Morgan fingerprint density at radius 2 is 2.07 bits per heavy atom. The Hall–Kier alpha value is -0.340. The molecule has 0 saturated heterocycles. The summed E-state index contributed by atoms with van der Waals surface area (Å²) in [6.45, 7) is 1.24. The highest BCUT2D eigenvalue weighted by Crippen LogP contribution is 2.18. The van der Waals surface area contributed by atoms with Crippen molar-refractivity contribution in [3.8, 4) is 0 Å². The molecule has 1 saturated carbocycles. The van der Waals surface area contributed by atoms with Crippen LogP contribution in [0.15, 0.2) is 17.5 Å². The van der Waals surface area contributed by atoms with Gasteiger partial charge in [-0.3, -0.25) is 0 Å². The number of unbranched alkanes of at least 4 members (excludes halogenated alkanes) is 3. The lowest BCUT2D eigenvalue weighted by Crippen LogP contribution is -2.17. The van der Waals surface area contributed by atoms with Gasteiger partial charge in [-0.05, 0) is 50.1 Å². The third kappa shape index (κ3) is 4.80. The third-order valence-corrected chi connectivity index (χ3v) is 3.88. The van der Waals surface area contributed by atoms with Crippen LogP contribution < -0.4 is 5.32 Å². The molecule has 1 aromatic rings. The standard InChI is InChI=1S/C13H21NS/c1(2-4-10-14-12-8-9-12)3-6-13-7-5-11-15-13/h5,7,11-12,14H,1-4,6,8-10H2. The Labute approximate surface area is 96.9 Å². The summed E-state index contributed by atoms with van der Waals surface area (Å²) >= 11 is 1.89. The second-order valence-electron chi connectivity index (χ2n) is 4.47. The molecule has 1 fully saturated rings. The van der Waals surface area contributed by atoms with Crippen molar-refractivity contribution in [1.29, 1.82) is 0 Å². The van der Waals surface area contributed by atoms with E-state index in [0.29, 0.717) is 0 Å². The molecule has 0 atom stereocenters. The first kappa shape index (κ1) is 11.2. The average Bonchev–Trinajstić information content (AvgIpc) is 2.92. The van der Waals surface area contributed by atoms with E-state index in [4.69, 9.17) is 0 Å². The van der Waals surface area contributed by atoms with Crippen molar-refractivity contribution >= 4 is 11.3 Å². The summed E-state index contributed by atoms with van der Waals surface area (Å²) in [5.41, 5.74) is 0. The molecule has 2 rings (SSSR count). The first-order chi connectivity index (χ1) is 7.45. The summed E-state index contributed by atoms with van der Waals surface area (Å²) in [5.74, 6) is 0. The maximum atomic E-state index is 3.56. The van der Waals surface area contributed by atoms with E-state index in [1.165, 1.54) is 51.5 Å². The summed E-state index contributed by atoms with van der Waals surface area (Å²) in [5, 5.41) is 5.74. The van der Waals surface area contributed by atoms with E-state index in [1.54, 1.807) is 4.88 Å². The smallest absolute Gasteiger partial charge is 0.00682 e. The van der Waals surface area contributed by atoms with Crippen LogP contribution in [0.4, 0.5) is 0 Å². The maximum Gasteiger partial charge on any atom is 0.00682 e. The minimum absolute atomic E-state index is 0.885. The van der Waals surface area contributed by atoms with Crippen LogP contribution in [-0.2, 0) is 6.42 Å². The van der Waals surface area contributed by atoms with Crippen molar-refractivity contribution in [3.05, 3.63) is 22.4 Å². The molecule has 1 N–H and O–H groups in total. The molecule has 1 aliphatic carbocycles. The molecule has 0 aromatic carbocycles. The van der Waals surface area contributed by atoms with E-state index in [2.05, 4.69) is 22.8 Å². The molecule has 2 heteroatoms. The van der Waals surface area contributed by atoms with Gasteiger partial charge in [0.05, 0.1) is 0 Å². The summed E-state index contributed by atoms with van der Waals surface area (Å²) in [7, 11) is 0. The molecule has 0 amide bonds. The van der Waals surface area contributed by atoms with Crippen molar-refractivity contribution in [3.63, 3.8) is 0 Å². The van der Waals surface area contributed by atoms with Crippen molar-refractivity contribution in [2.75, 3.05) is 6.54 Å². The van der Waals surface area contributed by atoms with Crippen LogP contribution in [0.3, 0.4) is 0 Å². The van der Waals surface area contributed by atoms with Crippen LogP contribution in [0.25, 0.3) is 0 Å². The van der Waals surface area contributed by atoms with E-state index in [-0.39, 0.29) is 0 Å². The van der Waals surface area contributed by atoms with Gasteiger partial charge in [0.15, 0.2) is 0 Å². The zero-order valence-corrected chi connectivity index (χ0v) is 10.2. The fraction of sp³-hybridized carbons (Fsp3) is 0.692. The molecule has 0 unspecified atom stereocenters. The molecule has 1 aliphatic rings. The lowest BCUT2D eigenvalue weighted by Gasteiger charge is -2.02. The SMILES string of the molecule is c1csc(CCCCCCNC2CC2)c1. The van der Waals surface area contributed by atoms with E-state index in [9.17, 15) is 0 Å². The number of hydrogen-bond donors (Lipinski definition) is 1. The van der Waals surface area contributed by atoms with Gasteiger partial charge in [-0.2, -0.15) is 0 Å². The van der Waals surface area contributed by atoms with Gasteiger partial charge in [0.25, 0.3) is 0 Å². The van der Waals surface area contributed by atoms with Crippen LogP contribution in [0, 0.1) is 0 Å². The predicted octanol–water partition coefficient (Wildman–Crippen LogP) is 3.60. The maximum absolute atomic E-state index is 3.56. The van der Waals surface area contributed by atoms with E-state index in [0.717, 1.165) is 6.04 Å². The molecule has 0 spiro atoms. The fourth-order valence-corrected chi connectivity index (χ4v) is 2.58. The largest absolute Gasteiger partial charge is 0.314 e. The minimum atomic E-state index is 0.885. The van der Waals surface area contributed by atoms with E-state index >= 15 is 0 Å². The van der Waals surface area contributed by atoms with Crippen molar-refractivity contribution in [1.82, 2.24) is 5.32 Å². The predicted molar refractivity (Wildman–Crippen MR) is 67.5 cm³/mol. The number of rotatable bonds is 8. The number of nitrogens with one attached hydrogen (secondary N) is 1. The van der Waals surface area contributed by atoms with Crippen molar-refractivity contribution in [2.24, 2.45) is 0 Å². The van der Waals surface area contributed by atoms with Crippen molar-refractivity contribution in [2.45, 2.75) is 51.0 Å². The zero-order valence-electron chi connectivity index (χ0n) is 9.37. The Morgan fingerprint density at radius 1 is 1.20 bits per heavy atom. The first-order valence-corrected chi connectivity index (χ1v) is 7.09. The molecular weight excluding hydrogens is 202 g/mol. The molecule has 1 nitrogen and oxygen atoms in total. The van der Waals surface area contributed by atoms with Crippen LogP contribution in [0.1, 0.15) is 43.4 Å². The molecule has 0 aliphatic heterocycles. The molecule has 84 valence electrons. The summed E-state index contributed by atoms with van der Waals surface area (Å²) in [4.78, 5) is 1.55. The monoisotopic (exact) mass is 223 g/mol. The minimum Gasteiger partial charge on any atom is -0.314 e. The molecule has 0 radical (unpaired) electrons. The zero-order chi connectivity index (χ0) is 10.3. The van der Waals surface area contributed by atoms with Crippen LogP contribution in [0.5, 0.6) is 0 Å². The van der Waals surface area contributed by atoms with Gasteiger partial charge in [0.1, 0.15) is 0 Å². The van der Waals surface area contributed by atoms with Gasteiger partial charge in [0, 0.05) is 10.9 Å².